The Morgan fingerprint density at radius 1 is 0.844 bits per heavy atom. The highest BCUT2D eigenvalue weighted by molar-refractivity contribution is 5.98. The Balaban J connectivity index is 1.88. The highest BCUT2D eigenvalue weighted by Gasteiger charge is 2.36. The first-order chi connectivity index (χ1) is 15.6. The molecule has 0 bridgehead atoms. The minimum Gasteiger partial charge on any atom is -0.497 e. The van der Waals surface area contributed by atoms with Gasteiger partial charge in [0.1, 0.15) is 11.5 Å². The number of hydrogen-bond donors (Lipinski definition) is 0. The van der Waals surface area contributed by atoms with Crippen molar-refractivity contribution in [1.29, 1.82) is 0 Å². The number of amides is 1. The van der Waals surface area contributed by atoms with Crippen molar-refractivity contribution in [2.45, 2.75) is 19.4 Å². The van der Waals surface area contributed by atoms with E-state index in [4.69, 9.17) is 18.9 Å². The van der Waals surface area contributed by atoms with Crippen LogP contribution in [0.2, 0.25) is 0 Å². The molecule has 6 heteroatoms. The molecule has 32 heavy (non-hydrogen) atoms. The van der Waals surface area contributed by atoms with E-state index in [1.165, 1.54) is 0 Å². The SMILES string of the molecule is CCOc1ccc([C@H]2c3cc(OC)c(OC)cc3CC(=O)N2c2ccc(OC)cc2)cc1. The minimum absolute atomic E-state index is 0.00812. The van der Waals surface area contributed by atoms with Gasteiger partial charge in [-0.25, -0.2) is 0 Å². The van der Waals surface area contributed by atoms with Crippen LogP contribution in [-0.2, 0) is 11.2 Å². The summed E-state index contributed by atoms with van der Waals surface area (Å²) in [5.74, 6) is 2.78. The number of carbonyl (C=O) groups excluding carboxylic acids is 1. The molecule has 0 fully saturated rings. The second-order valence-corrected chi connectivity index (χ2v) is 7.45. The standard InChI is InChI=1S/C26H27NO5/c1-5-32-21-10-6-17(7-11-21)26-22-16-24(31-4)23(30-3)14-18(22)15-25(28)27(26)19-8-12-20(29-2)13-9-19/h6-14,16,26H,5,15H2,1-4H3/t26-/m0/s1. The van der Waals surface area contributed by atoms with Gasteiger partial charge in [0.2, 0.25) is 5.91 Å². The summed E-state index contributed by atoms with van der Waals surface area (Å²) in [4.78, 5) is 15.3. The highest BCUT2D eigenvalue weighted by atomic mass is 16.5. The Bertz CT molecular complexity index is 1090. The third kappa shape index (κ3) is 3.96. The zero-order chi connectivity index (χ0) is 22.7. The van der Waals surface area contributed by atoms with Crippen LogP contribution in [0.3, 0.4) is 0 Å². The number of carbonyl (C=O) groups is 1. The predicted molar refractivity (Wildman–Crippen MR) is 123 cm³/mol. The van der Waals surface area contributed by atoms with Gasteiger partial charge in [0.05, 0.1) is 40.4 Å². The fourth-order valence-electron chi connectivity index (χ4n) is 4.15. The molecule has 1 aliphatic rings. The molecule has 0 saturated heterocycles. The van der Waals surface area contributed by atoms with Gasteiger partial charge in [-0.3, -0.25) is 4.79 Å². The quantitative estimate of drug-likeness (QED) is 0.536. The summed E-state index contributed by atoms with van der Waals surface area (Å²) in [6.45, 7) is 2.55. The zero-order valence-corrected chi connectivity index (χ0v) is 18.8. The number of methoxy groups -OCH3 is 3. The predicted octanol–water partition coefficient (Wildman–Crippen LogP) is 4.79. The van der Waals surface area contributed by atoms with Gasteiger partial charge in [-0.1, -0.05) is 12.1 Å². The van der Waals surface area contributed by atoms with Crippen molar-refractivity contribution in [2.75, 3.05) is 32.8 Å². The molecular weight excluding hydrogens is 406 g/mol. The minimum atomic E-state index is -0.324. The van der Waals surface area contributed by atoms with Crippen molar-refractivity contribution in [1.82, 2.24) is 0 Å². The Hall–Kier alpha value is -3.67. The molecule has 0 aromatic heterocycles. The Kier molecular flexibility index (Phi) is 6.21. The molecule has 1 amide bonds. The smallest absolute Gasteiger partial charge is 0.232 e. The molecule has 0 unspecified atom stereocenters. The van der Waals surface area contributed by atoms with E-state index in [0.717, 1.165) is 33.9 Å². The molecule has 1 aliphatic heterocycles. The van der Waals surface area contributed by atoms with Crippen LogP contribution in [0.25, 0.3) is 0 Å². The van der Waals surface area contributed by atoms with Gasteiger partial charge in [-0.2, -0.15) is 0 Å². The van der Waals surface area contributed by atoms with Crippen LogP contribution < -0.4 is 23.8 Å². The fraction of sp³-hybridized carbons (Fsp3) is 0.269. The fourth-order valence-corrected chi connectivity index (χ4v) is 4.15. The average Bonchev–Trinajstić information content (AvgIpc) is 2.83. The maximum absolute atomic E-state index is 13.4. The summed E-state index contributed by atoms with van der Waals surface area (Å²) in [6, 6.07) is 19.0. The van der Waals surface area contributed by atoms with E-state index in [2.05, 4.69) is 0 Å². The Labute approximate surface area is 188 Å². The lowest BCUT2D eigenvalue weighted by molar-refractivity contribution is -0.118. The van der Waals surface area contributed by atoms with E-state index in [1.54, 1.807) is 21.3 Å². The van der Waals surface area contributed by atoms with Crippen LogP contribution in [-0.4, -0.2) is 33.8 Å². The van der Waals surface area contributed by atoms with E-state index in [-0.39, 0.29) is 18.4 Å². The number of benzene rings is 3. The van der Waals surface area contributed by atoms with Crippen LogP contribution >= 0.6 is 0 Å². The number of anilines is 1. The lowest BCUT2D eigenvalue weighted by atomic mass is 9.86. The second kappa shape index (κ2) is 9.22. The summed E-state index contributed by atoms with van der Waals surface area (Å²) in [6.07, 6.45) is 0.273. The second-order valence-electron chi connectivity index (χ2n) is 7.45. The van der Waals surface area contributed by atoms with Crippen LogP contribution in [0.5, 0.6) is 23.0 Å². The van der Waals surface area contributed by atoms with Crippen molar-refractivity contribution in [2.24, 2.45) is 0 Å². The summed E-state index contributed by atoms with van der Waals surface area (Å²) in [5.41, 5.74) is 3.71. The molecule has 6 nitrogen and oxygen atoms in total. The zero-order valence-electron chi connectivity index (χ0n) is 18.8. The van der Waals surface area contributed by atoms with E-state index >= 15 is 0 Å². The molecular formula is C26H27NO5. The molecule has 166 valence electrons. The maximum atomic E-state index is 13.4. The molecule has 0 aliphatic carbocycles. The lowest BCUT2D eigenvalue weighted by Crippen LogP contribution is -2.41. The van der Waals surface area contributed by atoms with Crippen molar-refractivity contribution >= 4 is 11.6 Å². The van der Waals surface area contributed by atoms with Gasteiger partial charge in [-0.05, 0) is 72.1 Å². The third-order valence-electron chi connectivity index (χ3n) is 5.67. The molecule has 0 saturated carbocycles. The summed E-state index contributed by atoms with van der Waals surface area (Å²) < 4.78 is 22.0. The normalized spacial score (nSPS) is 15.2. The first kappa shape index (κ1) is 21.6. The molecule has 1 atom stereocenters. The topological polar surface area (TPSA) is 57.2 Å². The first-order valence-corrected chi connectivity index (χ1v) is 10.5. The molecule has 0 radical (unpaired) electrons. The van der Waals surface area contributed by atoms with Crippen molar-refractivity contribution < 1.29 is 23.7 Å². The van der Waals surface area contributed by atoms with E-state index < -0.39 is 0 Å². The van der Waals surface area contributed by atoms with Crippen LogP contribution in [0, 0.1) is 0 Å². The number of rotatable bonds is 7. The van der Waals surface area contributed by atoms with Gasteiger partial charge in [-0.15, -0.1) is 0 Å². The van der Waals surface area contributed by atoms with Gasteiger partial charge in [0.15, 0.2) is 11.5 Å². The summed E-state index contributed by atoms with van der Waals surface area (Å²) in [5, 5.41) is 0. The van der Waals surface area contributed by atoms with Crippen LogP contribution in [0.1, 0.15) is 29.7 Å². The average molecular weight is 434 g/mol. The molecule has 3 aromatic carbocycles. The largest absolute Gasteiger partial charge is 0.497 e. The van der Waals surface area contributed by atoms with Gasteiger partial charge in [0, 0.05) is 5.69 Å². The van der Waals surface area contributed by atoms with Gasteiger partial charge in [0.25, 0.3) is 0 Å². The summed E-state index contributed by atoms with van der Waals surface area (Å²) in [7, 11) is 4.84. The first-order valence-electron chi connectivity index (χ1n) is 10.5. The van der Waals surface area contributed by atoms with Crippen molar-refractivity contribution in [3.63, 3.8) is 0 Å². The molecule has 4 rings (SSSR count). The number of nitrogens with zero attached hydrogens (tertiary/aromatic N) is 1. The van der Waals surface area contributed by atoms with E-state index in [9.17, 15) is 4.79 Å². The Morgan fingerprint density at radius 3 is 2.06 bits per heavy atom. The number of fused-ring (bicyclic) bond motifs is 1. The molecule has 3 aromatic rings. The molecule has 1 heterocycles. The van der Waals surface area contributed by atoms with Gasteiger partial charge >= 0.3 is 0 Å². The van der Waals surface area contributed by atoms with Crippen molar-refractivity contribution in [3.8, 4) is 23.0 Å². The van der Waals surface area contributed by atoms with Crippen LogP contribution in [0.15, 0.2) is 60.7 Å². The van der Waals surface area contributed by atoms with Crippen LogP contribution in [0.4, 0.5) is 5.69 Å². The van der Waals surface area contributed by atoms with E-state index in [1.807, 2.05) is 72.5 Å². The van der Waals surface area contributed by atoms with Crippen molar-refractivity contribution in [3.05, 3.63) is 77.4 Å². The monoisotopic (exact) mass is 433 g/mol. The molecule has 0 spiro atoms. The third-order valence-corrected chi connectivity index (χ3v) is 5.67. The Morgan fingerprint density at radius 2 is 1.47 bits per heavy atom. The molecule has 0 N–H and O–H groups in total. The summed E-state index contributed by atoms with van der Waals surface area (Å²) >= 11 is 0. The lowest BCUT2D eigenvalue weighted by Gasteiger charge is -2.38. The highest BCUT2D eigenvalue weighted by Crippen LogP contribution is 2.43. The van der Waals surface area contributed by atoms with Gasteiger partial charge < -0.3 is 23.8 Å². The van der Waals surface area contributed by atoms with E-state index in [0.29, 0.717) is 18.1 Å². The number of hydrogen-bond acceptors (Lipinski definition) is 5. The maximum Gasteiger partial charge on any atom is 0.232 e. The number of ether oxygens (including phenoxy) is 4.